The van der Waals surface area contributed by atoms with Crippen molar-refractivity contribution in [1.82, 2.24) is 0 Å². The van der Waals surface area contributed by atoms with Crippen LogP contribution in [0.3, 0.4) is 0 Å². The normalized spacial score (nSPS) is 26.4. The number of aliphatic hydroxyl groups excluding tert-OH is 2. The number of carbonyl (C=O) groups excluding carboxylic acids is 1. The minimum Gasteiger partial charge on any atom is -0.469 e. The molecule has 0 aromatic heterocycles. The molecule has 3 rings (SSSR count). The molecule has 120 valence electrons. The van der Waals surface area contributed by atoms with Crippen LogP contribution in [0.15, 0.2) is 54.6 Å². The van der Waals surface area contributed by atoms with Gasteiger partial charge in [-0.3, -0.25) is 4.79 Å². The average Bonchev–Trinajstić information content (AvgIpc) is 2.61. The van der Waals surface area contributed by atoms with E-state index in [1.807, 2.05) is 54.6 Å². The third-order valence-electron chi connectivity index (χ3n) is 4.72. The number of aliphatic hydroxyl groups is 2. The lowest BCUT2D eigenvalue weighted by molar-refractivity contribution is -0.152. The zero-order valence-corrected chi connectivity index (χ0v) is 12.9. The molecular weight excluding hydrogens is 292 g/mol. The van der Waals surface area contributed by atoms with E-state index in [0.717, 1.165) is 16.7 Å². The van der Waals surface area contributed by atoms with E-state index in [9.17, 15) is 15.0 Å². The Bertz CT molecular complexity index is 683. The highest BCUT2D eigenvalue weighted by molar-refractivity contribution is 5.76. The maximum absolute atomic E-state index is 12.4. The van der Waals surface area contributed by atoms with Crippen molar-refractivity contribution >= 4 is 5.97 Å². The fraction of sp³-hybridized carbons (Fsp3) is 0.316. The number of ether oxygens (including phenoxy) is 1. The summed E-state index contributed by atoms with van der Waals surface area (Å²) in [5.41, 5.74) is 2.65. The molecule has 23 heavy (non-hydrogen) atoms. The molecule has 0 bridgehead atoms. The van der Waals surface area contributed by atoms with Crippen molar-refractivity contribution in [3.05, 3.63) is 71.3 Å². The summed E-state index contributed by atoms with van der Waals surface area (Å²) in [5.74, 6) is -1.88. The minimum atomic E-state index is -0.889. The molecule has 2 aromatic carbocycles. The number of methoxy groups -OCH3 is 1. The molecule has 1 aliphatic rings. The number of benzene rings is 2. The summed E-state index contributed by atoms with van der Waals surface area (Å²) in [7, 11) is 1.34. The van der Waals surface area contributed by atoms with Gasteiger partial charge in [0, 0.05) is 18.4 Å². The van der Waals surface area contributed by atoms with Gasteiger partial charge in [-0.1, -0.05) is 54.6 Å². The van der Waals surface area contributed by atoms with Crippen LogP contribution >= 0.6 is 0 Å². The van der Waals surface area contributed by atoms with Crippen molar-refractivity contribution in [2.45, 2.75) is 12.0 Å². The second-order valence-corrected chi connectivity index (χ2v) is 5.86. The van der Waals surface area contributed by atoms with E-state index in [0.29, 0.717) is 0 Å². The van der Waals surface area contributed by atoms with Crippen LogP contribution < -0.4 is 0 Å². The molecule has 0 saturated heterocycles. The summed E-state index contributed by atoms with van der Waals surface area (Å²) >= 11 is 0. The number of fused-ring (bicyclic) bond motifs is 1. The van der Waals surface area contributed by atoms with Gasteiger partial charge in [0.2, 0.25) is 0 Å². The first kappa shape index (κ1) is 15.7. The van der Waals surface area contributed by atoms with Crippen LogP contribution in [0.5, 0.6) is 0 Å². The van der Waals surface area contributed by atoms with Crippen molar-refractivity contribution in [2.75, 3.05) is 13.7 Å². The predicted octanol–water partition coefficient (Wildman–Crippen LogP) is 2.26. The average molecular weight is 312 g/mol. The van der Waals surface area contributed by atoms with Crippen LogP contribution in [-0.4, -0.2) is 29.9 Å². The van der Waals surface area contributed by atoms with Crippen LogP contribution in [-0.2, 0) is 9.53 Å². The van der Waals surface area contributed by atoms with Crippen LogP contribution in [0.4, 0.5) is 0 Å². The lowest BCUT2D eigenvalue weighted by Crippen LogP contribution is -2.41. The quantitative estimate of drug-likeness (QED) is 0.853. The molecule has 4 atom stereocenters. The van der Waals surface area contributed by atoms with Crippen molar-refractivity contribution in [3.8, 4) is 0 Å². The van der Waals surface area contributed by atoms with Crippen molar-refractivity contribution in [1.29, 1.82) is 0 Å². The standard InChI is InChI=1S/C19H20O4/c1-23-19(22)17-15(11-20)18(21)14-10-6-5-9-13(14)16(17)12-7-3-2-4-8-12/h2-10,15-18,20-21H,11H2,1H3/t15-,16+,17-,18+/m1/s1. The van der Waals surface area contributed by atoms with E-state index in [2.05, 4.69) is 0 Å². The molecule has 0 heterocycles. The van der Waals surface area contributed by atoms with Crippen LogP contribution in [0.1, 0.15) is 28.7 Å². The number of hydrogen-bond donors (Lipinski definition) is 2. The summed E-state index contributed by atoms with van der Waals surface area (Å²) in [5, 5.41) is 20.4. The molecule has 4 nitrogen and oxygen atoms in total. The van der Waals surface area contributed by atoms with E-state index in [4.69, 9.17) is 4.74 Å². The molecule has 0 unspecified atom stereocenters. The molecule has 2 aromatic rings. The molecule has 0 saturated carbocycles. The van der Waals surface area contributed by atoms with Gasteiger partial charge in [-0.15, -0.1) is 0 Å². The Morgan fingerprint density at radius 1 is 1.04 bits per heavy atom. The third kappa shape index (κ3) is 2.64. The molecule has 1 aliphatic carbocycles. The first-order valence-corrected chi connectivity index (χ1v) is 7.69. The summed E-state index contributed by atoms with van der Waals surface area (Å²) in [4.78, 5) is 12.4. The summed E-state index contributed by atoms with van der Waals surface area (Å²) in [6, 6.07) is 17.2. The number of hydrogen-bond acceptors (Lipinski definition) is 4. The van der Waals surface area contributed by atoms with Crippen molar-refractivity contribution in [3.63, 3.8) is 0 Å². The third-order valence-corrected chi connectivity index (χ3v) is 4.72. The van der Waals surface area contributed by atoms with E-state index < -0.39 is 23.9 Å². The van der Waals surface area contributed by atoms with Crippen molar-refractivity contribution < 1.29 is 19.7 Å². The lowest BCUT2D eigenvalue weighted by Gasteiger charge is -2.40. The molecule has 0 fully saturated rings. The zero-order valence-electron chi connectivity index (χ0n) is 12.9. The fourth-order valence-electron chi connectivity index (χ4n) is 3.64. The Kier molecular flexibility index (Phi) is 4.46. The van der Waals surface area contributed by atoms with Crippen molar-refractivity contribution in [2.24, 2.45) is 11.8 Å². The maximum atomic E-state index is 12.4. The number of carbonyl (C=O) groups is 1. The van der Waals surface area contributed by atoms with Gasteiger partial charge in [-0.05, 0) is 16.7 Å². The van der Waals surface area contributed by atoms with Gasteiger partial charge >= 0.3 is 5.97 Å². The second kappa shape index (κ2) is 6.52. The van der Waals surface area contributed by atoms with Crippen LogP contribution in [0, 0.1) is 11.8 Å². The van der Waals surface area contributed by atoms with E-state index in [1.54, 1.807) is 0 Å². The largest absolute Gasteiger partial charge is 0.469 e. The number of esters is 1. The van der Waals surface area contributed by atoms with E-state index in [1.165, 1.54) is 7.11 Å². The SMILES string of the molecule is COC(=O)[C@H]1[C@@H](c2ccccc2)c2ccccc2[C@H](O)[C@@H]1CO. The van der Waals surface area contributed by atoms with Crippen LogP contribution in [0.25, 0.3) is 0 Å². The van der Waals surface area contributed by atoms with E-state index in [-0.39, 0.29) is 12.5 Å². The molecule has 2 N–H and O–H groups in total. The lowest BCUT2D eigenvalue weighted by atomic mass is 9.65. The summed E-state index contributed by atoms with van der Waals surface area (Å²) in [6.45, 7) is -0.279. The van der Waals surface area contributed by atoms with Crippen LogP contribution in [0.2, 0.25) is 0 Å². The molecule has 0 spiro atoms. The molecule has 0 aliphatic heterocycles. The van der Waals surface area contributed by atoms with E-state index >= 15 is 0 Å². The Morgan fingerprint density at radius 2 is 1.65 bits per heavy atom. The highest BCUT2D eigenvalue weighted by Crippen LogP contribution is 2.48. The Labute approximate surface area is 135 Å². The maximum Gasteiger partial charge on any atom is 0.310 e. The highest BCUT2D eigenvalue weighted by Gasteiger charge is 2.46. The van der Waals surface area contributed by atoms with Gasteiger partial charge < -0.3 is 14.9 Å². The fourth-order valence-corrected chi connectivity index (χ4v) is 3.64. The van der Waals surface area contributed by atoms with Gasteiger partial charge in [-0.2, -0.15) is 0 Å². The Hall–Kier alpha value is -2.17. The highest BCUT2D eigenvalue weighted by atomic mass is 16.5. The van der Waals surface area contributed by atoms with Gasteiger partial charge in [-0.25, -0.2) is 0 Å². The topological polar surface area (TPSA) is 66.8 Å². The molecule has 4 heteroatoms. The van der Waals surface area contributed by atoms with Gasteiger partial charge in [0.1, 0.15) is 0 Å². The molecular formula is C19H20O4. The zero-order chi connectivity index (χ0) is 16.4. The molecule has 0 amide bonds. The minimum absolute atomic E-state index is 0.250. The van der Waals surface area contributed by atoms with Gasteiger partial charge in [0.05, 0.1) is 19.1 Å². The van der Waals surface area contributed by atoms with Gasteiger partial charge in [0.25, 0.3) is 0 Å². The smallest absolute Gasteiger partial charge is 0.310 e. The predicted molar refractivity (Wildman–Crippen MR) is 85.8 cm³/mol. The molecule has 0 radical (unpaired) electrons. The summed E-state index contributed by atoms with van der Waals surface area (Å²) in [6.07, 6.45) is -0.889. The Morgan fingerprint density at radius 3 is 2.26 bits per heavy atom. The second-order valence-electron chi connectivity index (χ2n) is 5.86. The summed E-state index contributed by atoms with van der Waals surface area (Å²) < 4.78 is 4.98. The Balaban J connectivity index is 2.21. The number of rotatable bonds is 3. The first-order chi connectivity index (χ1) is 11.2. The van der Waals surface area contributed by atoms with Gasteiger partial charge in [0.15, 0.2) is 0 Å². The first-order valence-electron chi connectivity index (χ1n) is 7.69. The monoisotopic (exact) mass is 312 g/mol.